The highest BCUT2D eigenvalue weighted by molar-refractivity contribution is 5.82. The van der Waals surface area contributed by atoms with Crippen molar-refractivity contribution >= 4 is 5.91 Å². The van der Waals surface area contributed by atoms with E-state index in [2.05, 4.69) is 5.32 Å². The number of morpholine rings is 1. The van der Waals surface area contributed by atoms with Crippen LogP contribution in [0.2, 0.25) is 0 Å². The Morgan fingerprint density at radius 3 is 3.00 bits per heavy atom. The van der Waals surface area contributed by atoms with Gasteiger partial charge in [-0.3, -0.25) is 4.79 Å². The molecule has 1 amide bonds. The largest absolute Gasteiger partial charge is 0.467 e. The molecule has 0 bridgehead atoms. The molecule has 1 aliphatic heterocycles. The van der Waals surface area contributed by atoms with Gasteiger partial charge in [-0.05, 0) is 25.0 Å². The minimum Gasteiger partial charge on any atom is -0.467 e. The number of carbonyl (C=O) groups excluding carboxylic acids is 1. The molecule has 1 saturated heterocycles. The number of ether oxygens (including phenoxy) is 1. The number of rotatable bonds is 4. The first-order chi connectivity index (χ1) is 8.84. The molecule has 1 saturated carbocycles. The molecule has 1 N–H and O–H groups in total. The second-order valence-corrected chi connectivity index (χ2v) is 4.84. The molecule has 2 heterocycles. The van der Waals surface area contributed by atoms with Crippen molar-refractivity contribution in [2.75, 3.05) is 19.7 Å². The quantitative estimate of drug-likeness (QED) is 0.857. The minimum atomic E-state index is -0.339. The monoisotopic (exact) mass is 250 g/mol. The number of hydrogen-bond donors (Lipinski definition) is 1. The molecule has 18 heavy (non-hydrogen) atoms. The Morgan fingerprint density at radius 2 is 2.39 bits per heavy atom. The van der Waals surface area contributed by atoms with Crippen LogP contribution in [-0.4, -0.2) is 42.6 Å². The molecule has 1 aromatic rings. The van der Waals surface area contributed by atoms with Crippen LogP contribution in [0.3, 0.4) is 0 Å². The standard InChI is InChI=1S/C13H18N2O3/c16-13(12-8-14-5-7-18-12)15(10-3-4-10)9-11-2-1-6-17-11/h1-2,6,10,12,14H,3-5,7-9H2. The van der Waals surface area contributed by atoms with Crippen molar-refractivity contribution in [1.29, 1.82) is 0 Å². The van der Waals surface area contributed by atoms with Gasteiger partial charge in [0, 0.05) is 19.1 Å². The molecular weight excluding hydrogens is 232 g/mol. The van der Waals surface area contributed by atoms with Gasteiger partial charge in [-0.2, -0.15) is 0 Å². The van der Waals surface area contributed by atoms with Gasteiger partial charge in [0.15, 0.2) is 0 Å². The summed E-state index contributed by atoms with van der Waals surface area (Å²) >= 11 is 0. The summed E-state index contributed by atoms with van der Waals surface area (Å²) in [5, 5.41) is 3.19. The van der Waals surface area contributed by atoms with E-state index >= 15 is 0 Å². The van der Waals surface area contributed by atoms with Crippen LogP contribution in [0.25, 0.3) is 0 Å². The average molecular weight is 250 g/mol. The SMILES string of the molecule is O=C(C1CNCCO1)N(Cc1ccco1)C1CC1. The van der Waals surface area contributed by atoms with E-state index in [1.54, 1.807) is 6.26 Å². The second kappa shape index (κ2) is 5.12. The molecule has 3 rings (SSSR count). The summed E-state index contributed by atoms with van der Waals surface area (Å²) in [4.78, 5) is 14.3. The fourth-order valence-corrected chi connectivity index (χ4v) is 2.25. The molecule has 1 aromatic heterocycles. The minimum absolute atomic E-state index is 0.0844. The van der Waals surface area contributed by atoms with Crippen LogP contribution >= 0.6 is 0 Å². The lowest BCUT2D eigenvalue weighted by Gasteiger charge is -2.29. The lowest BCUT2D eigenvalue weighted by atomic mass is 10.2. The van der Waals surface area contributed by atoms with Crippen LogP contribution < -0.4 is 5.32 Å². The van der Waals surface area contributed by atoms with E-state index in [0.29, 0.717) is 25.7 Å². The van der Waals surface area contributed by atoms with E-state index in [0.717, 1.165) is 25.1 Å². The van der Waals surface area contributed by atoms with E-state index in [-0.39, 0.29) is 12.0 Å². The summed E-state index contributed by atoms with van der Waals surface area (Å²) in [5.74, 6) is 0.917. The van der Waals surface area contributed by atoms with E-state index in [4.69, 9.17) is 9.15 Å². The molecule has 1 aliphatic carbocycles. The van der Waals surface area contributed by atoms with Gasteiger partial charge < -0.3 is 19.4 Å². The summed E-state index contributed by atoms with van der Waals surface area (Å²) in [5.41, 5.74) is 0. The topological polar surface area (TPSA) is 54.7 Å². The zero-order valence-electron chi connectivity index (χ0n) is 10.3. The molecule has 5 heteroatoms. The fraction of sp³-hybridized carbons (Fsp3) is 0.615. The predicted octanol–water partition coefficient (Wildman–Crippen LogP) is 0.759. The van der Waals surface area contributed by atoms with Crippen LogP contribution in [0.4, 0.5) is 0 Å². The van der Waals surface area contributed by atoms with Crippen LogP contribution in [0.1, 0.15) is 18.6 Å². The van der Waals surface area contributed by atoms with Crippen molar-refractivity contribution in [2.45, 2.75) is 31.5 Å². The maximum Gasteiger partial charge on any atom is 0.253 e. The van der Waals surface area contributed by atoms with Gasteiger partial charge in [-0.15, -0.1) is 0 Å². The smallest absolute Gasteiger partial charge is 0.253 e. The Bertz CT molecular complexity index is 394. The van der Waals surface area contributed by atoms with Gasteiger partial charge in [-0.25, -0.2) is 0 Å². The van der Waals surface area contributed by atoms with Crippen LogP contribution in [0.15, 0.2) is 22.8 Å². The van der Waals surface area contributed by atoms with Crippen LogP contribution in [0, 0.1) is 0 Å². The van der Waals surface area contributed by atoms with Gasteiger partial charge >= 0.3 is 0 Å². The lowest BCUT2D eigenvalue weighted by molar-refractivity contribution is -0.146. The van der Waals surface area contributed by atoms with E-state index in [1.807, 2.05) is 17.0 Å². The number of furan rings is 1. The summed E-state index contributed by atoms with van der Waals surface area (Å²) in [7, 11) is 0. The number of carbonyl (C=O) groups is 1. The maximum atomic E-state index is 12.4. The molecule has 0 radical (unpaired) electrons. The number of hydrogen-bond acceptors (Lipinski definition) is 4. The highest BCUT2D eigenvalue weighted by Gasteiger charge is 2.37. The van der Waals surface area contributed by atoms with Gasteiger partial charge in [0.05, 0.1) is 19.4 Å². The van der Waals surface area contributed by atoms with Gasteiger partial charge in [-0.1, -0.05) is 0 Å². The Balaban J connectivity index is 1.66. The lowest BCUT2D eigenvalue weighted by Crippen LogP contribution is -2.49. The third kappa shape index (κ3) is 2.57. The molecule has 98 valence electrons. The maximum absolute atomic E-state index is 12.4. The highest BCUT2D eigenvalue weighted by Crippen LogP contribution is 2.29. The van der Waals surface area contributed by atoms with E-state index < -0.39 is 0 Å². The second-order valence-electron chi connectivity index (χ2n) is 4.84. The Kier molecular flexibility index (Phi) is 3.34. The van der Waals surface area contributed by atoms with Gasteiger partial charge in [0.25, 0.3) is 5.91 Å². The van der Waals surface area contributed by atoms with Crippen LogP contribution in [-0.2, 0) is 16.1 Å². The molecule has 0 spiro atoms. The first-order valence-electron chi connectivity index (χ1n) is 6.50. The summed E-state index contributed by atoms with van der Waals surface area (Å²) in [6.45, 7) is 2.59. The fourth-order valence-electron chi connectivity index (χ4n) is 2.25. The van der Waals surface area contributed by atoms with Crippen molar-refractivity contribution in [3.63, 3.8) is 0 Å². The number of nitrogens with zero attached hydrogens (tertiary/aromatic N) is 1. The first kappa shape index (κ1) is 11.7. The normalized spacial score (nSPS) is 23.9. The molecule has 1 atom stereocenters. The average Bonchev–Trinajstić information content (AvgIpc) is 3.13. The van der Waals surface area contributed by atoms with Gasteiger partial charge in [0.1, 0.15) is 11.9 Å². The van der Waals surface area contributed by atoms with E-state index in [9.17, 15) is 4.79 Å². The highest BCUT2D eigenvalue weighted by atomic mass is 16.5. The molecule has 2 aliphatic rings. The van der Waals surface area contributed by atoms with E-state index in [1.165, 1.54) is 0 Å². The molecular formula is C13H18N2O3. The van der Waals surface area contributed by atoms with Crippen molar-refractivity contribution in [2.24, 2.45) is 0 Å². The van der Waals surface area contributed by atoms with Crippen molar-refractivity contribution in [1.82, 2.24) is 10.2 Å². The summed E-state index contributed by atoms with van der Waals surface area (Å²) in [6.07, 6.45) is 3.48. The predicted molar refractivity (Wildman–Crippen MR) is 64.9 cm³/mol. The number of amides is 1. The van der Waals surface area contributed by atoms with Crippen molar-refractivity contribution in [3.05, 3.63) is 24.2 Å². The Morgan fingerprint density at radius 1 is 1.50 bits per heavy atom. The summed E-state index contributed by atoms with van der Waals surface area (Å²) in [6, 6.07) is 4.12. The zero-order chi connectivity index (χ0) is 12.4. The zero-order valence-corrected chi connectivity index (χ0v) is 10.3. The van der Waals surface area contributed by atoms with Crippen LogP contribution in [0.5, 0.6) is 0 Å². The van der Waals surface area contributed by atoms with Gasteiger partial charge in [0.2, 0.25) is 0 Å². The third-order valence-corrected chi connectivity index (χ3v) is 3.38. The molecule has 2 fully saturated rings. The molecule has 5 nitrogen and oxygen atoms in total. The molecule has 1 unspecified atom stereocenters. The third-order valence-electron chi connectivity index (χ3n) is 3.38. The Labute approximate surface area is 106 Å². The first-order valence-corrected chi connectivity index (χ1v) is 6.50. The Hall–Kier alpha value is -1.33. The van der Waals surface area contributed by atoms with Crippen molar-refractivity contribution in [3.8, 4) is 0 Å². The molecule has 0 aromatic carbocycles. The van der Waals surface area contributed by atoms with Crippen molar-refractivity contribution < 1.29 is 13.9 Å². The number of nitrogens with one attached hydrogen (secondary N) is 1. The summed E-state index contributed by atoms with van der Waals surface area (Å²) < 4.78 is 10.9.